The van der Waals surface area contributed by atoms with E-state index >= 15 is 0 Å². The zero-order valence-corrected chi connectivity index (χ0v) is 18.5. The van der Waals surface area contributed by atoms with Gasteiger partial charge in [-0.3, -0.25) is 9.59 Å². The molecule has 0 aliphatic heterocycles. The lowest BCUT2D eigenvalue weighted by molar-refractivity contribution is 0.0935. The number of nitrogens with zero attached hydrogens (tertiary/aromatic N) is 4. The van der Waals surface area contributed by atoms with Crippen LogP contribution in [-0.2, 0) is 20.0 Å². The first-order valence-electron chi connectivity index (χ1n) is 10.7. The van der Waals surface area contributed by atoms with E-state index in [1.165, 1.54) is 10.6 Å². The van der Waals surface area contributed by atoms with Crippen LogP contribution in [-0.4, -0.2) is 25.2 Å². The van der Waals surface area contributed by atoms with Crippen molar-refractivity contribution in [3.05, 3.63) is 94.2 Å². The molecule has 1 amide bonds. The Hall–Kier alpha value is -3.74. The summed E-state index contributed by atoms with van der Waals surface area (Å²) in [6, 6.07) is 16.5. The van der Waals surface area contributed by atoms with Crippen molar-refractivity contribution in [3.8, 4) is 0 Å². The molecule has 164 valence electrons. The van der Waals surface area contributed by atoms with Crippen molar-refractivity contribution in [1.82, 2.24) is 24.6 Å². The first-order chi connectivity index (χ1) is 15.4. The van der Waals surface area contributed by atoms with Crippen molar-refractivity contribution in [2.45, 2.75) is 32.9 Å². The summed E-state index contributed by atoms with van der Waals surface area (Å²) < 4.78 is 3.35. The summed E-state index contributed by atoms with van der Waals surface area (Å²) in [4.78, 5) is 29.7. The van der Waals surface area contributed by atoms with E-state index in [0.717, 1.165) is 28.8 Å². The number of fused-ring (bicyclic) bond motifs is 1. The summed E-state index contributed by atoms with van der Waals surface area (Å²) >= 11 is 0. The minimum Gasteiger partial charge on any atom is -0.343 e. The van der Waals surface area contributed by atoms with Gasteiger partial charge in [-0.1, -0.05) is 44.2 Å². The van der Waals surface area contributed by atoms with Crippen molar-refractivity contribution in [2.24, 2.45) is 13.0 Å². The number of aryl methyl sites for hydroxylation is 1. The molecular formula is C25H27N5O2. The first-order valence-corrected chi connectivity index (χ1v) is 10.7. The Balaban J connectivity index is 1.75. The van der Waals surface area contributed by atoms with Gasteiger partial charge in [-0.15, -0.1) is 0 Å². The number of hydrogen-bond donors (Lipinski definition) is 1. The smallest absolute Gasteiger partial charge is 0.252 e. The van der Waals surface area contributed by atoms with Gasteiger partial charge in [0.1, 0.15) is 0 Å². The molecule has 32 heavy (non-hydrogen) atoms. The minimum absolute atomic E-state index is 0.229. The molecule has 7 heteroatoms. The van der Waals surface area contributed by atoms with Crippen molar-refractivity contribution < 1.29 is 4.79 Å². The highest BCUT2D eigenvalue weighted by Gasteiger charge is 2.24. The zero-order valence-electron chi connectivity index (χ0n) is 18.5. The van der Waals surface area contributed by atoms with Crippen molar-refractivity contribution in [1.29, 1.82) is 0 Å². The van der Waals surface area contributed by atoms with Gasteiger partial charge in [-0.05, 0) is 36.1 Å². The largest absolute Gasteiger partial charge is 0.343 e. The summed E-state index contributed by atoms with van der Waals surface area (Å²) in [5.74, 6) is 0.0923. The quantitative estimate of drug-likeness (QED) is 0.488. The Bertz CT molecular complexity index is 1290. The molecule has 0 aliphatic carbocycles. The van der Waals surface area contributed by atoms with Gasteiger partial charge in [-0.25, -0.2) is 9.67 Å². The lowest BCUT2D eigenvalue weighted by atomic mass is 10.0. The fraction of sp³-hybridized carbons (Fsp3) is 0.280. The second-order valence-electron chi connectivity index (χ2n) is 8.42. The average Bonchev–Trinajstić information content (AvgIpc) is 3.14. The molecule has 0 bridgehead atoms. The number of carbonyl (C=O) groups excluding carboxylic acids is 1. The van der Waals surface area contributed by atoms with E-state index in [9.17, 15) is 9.59 Å². The van der Waals surface area contributed by atoms with Crippen LogP contribution in [0.2, 0.25) is 0 Å². The van der Waals surface area contributed by atoms with Gasteiger partial charge in [0.2, 0.25) is 0 Å². The third-order valence-electron chi connectivity index (χ3n) is 5.36. The average molecular weight is 430 g/mol. The Morgan fingerprint density at radius 2 is 1.88 bits per heavy atom. The van der Waals surface area contributed by atoms with E-state index in [1.807, 2.05) is 47.1 Å². The van der Waals surface area contributed by atoms with E-state index in [-0.39, 0.29) is 17.5 Å². The number of hydrogen-bond acceptors (Lipinski definition) is 4. The molecule has 0 radical (unpaired) electrons. The number of pyridine rings is 2. The molecule has 1 N–H and O–H groups in total. The molecular weight excluding hydrogens is 402 g/mol. The van der Waals surface area contributed by atoms with Crippen molar-refractivity contribution >= 4 is 16.9 Å². The van der Waals surface area contributed by atoms with E-state index in [1.54, 1.807) is 25.5 Å². The fourth-order valence-corrected chi connectivity index (χ4v) is 3.76. The summed E-state index contributed by atoms with van der Waals surface area (Å²) in [6.45, 7) is 5.00. The van der Waals surface area contributed by atoms with Gasteiger partial charge in [0.05, 0.1) is 11.7 Å². The molecule has 0 fully saturated rings. The molecule has 0 aliphatic rings. The molecule has 0 spiro atoms. The van der Waals surface area contributed by atoms with Crippen molar-refractivity contribution in [2.75, 3.05) is 0 Å². The standard InChI is InChI=1S/C25H27N5O2/c1-17(2)16-30-24-20(10-7-12-26-24)23(28-30)21(14-18-8-5-4-6-9-18)27-25(32)19-11-13-29(3)22(31)15-19/h4-13,15,17,21H,14,16H2,1-3H3,(H,27,32)/t21-/m0/s1. The fourth-order valence-electron chi connectivity index (χ4n) is 3.76. The van der Waals surface area contributed by atoms with Crippen LogP contribution in [0.1, 0.15) is 41.5 Å². The monoisotopic (exact) mass is 429 g/mol. The second kappa shape index (κ2) is 9.18. The molecule has 4 rings (SSSR count). The SMILES string of the molecule is CC(C)Cn1nc([C@H](Cc2ccccc2)NC(=O)c2ccn(C)c(=O)c2)c2cccnc21. The number of carbonyl (C=O) groups is 1. The van der Waals surface area contributed by atoms with Gasteiger partial charge in [0.15, 0.2) is 5.65 Å². The van der Waals surface area contributed by atoms with Gasteiger partial charge in [-0.2, -0.15) is 5.10 Å². The maximum absolute atomic E-state index is 13.1. The Morgan fingerprint density at radius 1 is 1.09 bits per heavy atom. The summed E-state index contributed by atoms with van der Waals surface area (Å²) in [5.41, 5.74) is 2.76. The second-order valence-corrected chi connectivity index (χ2v) is 8.42. The summed E-state index contributed by atoms with van der Waals surface area (Å²) in [7, 11) is 1.66. The number of rotatable bonds is 7. The number of aromatic nitrogens is 4. The lowest BCUT2D eigenvalue weighted by Gasteiger charge is -2.18. The van der Waals surface area contributed by atoms with Gasteiger partial charge >= 0.3 is 0 Å². The highest BCUT2D eigenvalue weighted by atomic mass is 16.2. The van der Waals surface area contributed by atoms with Gasteiger partial charge in [0, 0.05) is 43.0 Å². The Labute approximate surface area is 186 Å². The normalized spacial score (nSPS) is 12.2. The van der Waals surface area contributed by atoms with Crippen LogP contribution in [0, 0.1) is 5.92 Å². The zero-order chi connectivity index (χ0) is 22.7. The number of nitrogens with one attached hydrogen (secondary N) is 1. The van der Waals surface area contributed by atoms with Crippen LogP contribution in [0.5, 0.6) is 0 Å². The molecule has 4 aromatic rings. The van der Waals surface area contributed by atoms with Gasteiger partial charge < -0.3 is 9.88 Å². The Morgan fingerprint density at radius 3 is 2.59 bits per heavy atom. The highest BCUT2D eigenvalue weighted by Crippen LogP contribution is 2.26. The predicted octanol–water partition coefficient (Wildman–Crippen LogP) is 3.50. The highest BCUT2D eigenvalue weighted by molar-refractivity contribution is 5.94. The molecule has 0 saturated heterocycles. The molecule has 7 nitrogen and oxygen atoms in total. The van der Waals surface area contributed by atoms with Crippen LogP contribution in [0.4, 0.5) is 0 Å². The Kier molecular flexibility index (Phi) is 6.16. The summed E-state index contributed by atoms with van der Waals surface area (Å²) in [5, 5.41) is 8.91. The van der Waals surface area contributed by atoms with E-state index in [2.05, 4.69) is 24.1 Å². The van der Waals surface area contributed by atoms with Crippen LogP contribution >= 0.6 is 0 Å². The van der Waals surface area contributed by atoms with E-state index in [4.69, 9.17) is 5.10 Å². The molecule has 1 atom stereocenters. The van der Waals surface area contributed by atoms with Crippen LogP contribution in [0.15, 0.2) is 71.8 Å². The molecule has 3 aromatic heterocycles. The topological polar surface area (TPSA) is 81.8 Å². The maximum Gasteiger partial charge on any atom is 0.252 e. The minimum atomic E-state index is -0.380. The maximum atomic E-state index is 13.1. The first kappa shape index (κ1) is 21.5. The number of amides is 1. The predicted molar refractivity (Wildman–Crippen MR) is 124 cm³/mol. The van der Waals surface area contributed by atoms with Crippen LogP contribution < -0.4 is 10.9 Å². The lowest BCUT2D eigenvalue weighted by Crippen LogP contribution is -2.31. The molecule has 0 saturated carbocycles. The van der Waals surface area contributed by atoms with E-state index < -0.39 is 0 Å². The van der Waals surface area contributed by atoms with Crippen molar-refractivity contribution in [3.63, 3.8) is 0 Å². The van der Waals surface area contributed by atoms with Gasteiger partial charge in [0.25, 0.3) is 11.5 Å². The third-order valence-corrected chi connectivity index (χ3v) is 5.36. The number of benzene rings is 1. The molecule has 1 aromatic carbocycles. The van der Waals surface area contributed by atoms with Crippen LogP contribution in [0.3, 0.4) is 0 Å². The third kappa shape index (κ3) is 4.61. The molecule has 0 unspecified atom stereocenters. The van der Waals surface area contributed by atoms with E-state index in [0.29, 0.717) is 17.9 Å². The van der Waals surface area contributed by atoms with Crippen LogP contribution in [0.25, 0.3) is 11.0 Å². The molecule has 3 heterocycles. The summed E-state index contributed by atoms with van der Waals surface area (Å²) in [6.07, 6.45) is 3.93.